The van der Waals surface area contributed by atoms with Crippen LogP contribution in [-0.4, -0.2) is 44.4 Å². The molecule has 2 heterocycles. The number of nitrogens with zero attached hydrogens (tertiary/aromatic N) is 5. The highest BCUT2D eigenvalue weighted by molar-refractivity contribution is 7.99. The summed E-state index contributed by atoms with van der Waals surface area (Å²) in [5.41, 5.74) is 1.63. The third-order valence-corrected chi connectivity index (χ3v) is 4.64. The molecule has 10 nitrogen and oxygen atoms in total. The fraction of sp³-hybridized carbons (Fsp3) is 0.105. The van der Waals surface area contributed by atoms with E-state index < -0.39 is 0 Å². The lowest BCUT2D eigenvalue weighted by Crippen LogP contribution is -2.05. The molecular weight excluding hydrogens is 404 g/mol. The van der Waals surface area contributed by atoms with Gasteiger partial charge in [-0.3, -0.25) is 5.10 Å². The molecule has 0 bridgehead atoms. The predicted octanol–water partition coefficient (Wildman–Crippen LogP) is 3.65. The van der Waals surface area contributed by atoms with Gasteiger partial charge in [-0.25, -0.2) is 4.98 Å². The zero-order chi connectivity index (χ0) is 20.8. The van der Waals surface area contributed by atoms with Crippen molar-refractivity contribution in [1.82, 2.24) is 30.1 Å². The maximum atomic E-state index is 5.19. The third kappa shape index (κ3) is 4.94. The van der Waals surface area contributed by atoms with Gasteiger partial charge in [0.2, 0.25) is 17.1 Å². The molecule has 0 amide bonds. The summed E-state index contributed by atoms with van der Waals surface area (Å²) in [5.74, 6) is 2.29. The Kier molecular flexibility index (Phi) is 5.90. The topological polar surface area (TPSA) is 123 Å². The molecule has 3 N–H and O–H groups in total. The van der Waals surface area contributed by atoms with Crippen molar-refractivity contribution in [3.63, 3.8) is 0 Å². The van der Waals surface area contributed by atoms with Crippen molar-refractivity contribution in [2.45, 2.75) is 10.3 Å². The summed E-state index contributed by atoms with van der Waals surface area (Å²) < 4.78 is 10.4. The van der Waals surface area contributed by atoms with Gasteiger partial charge in [-0.1, -0.05) is 0 Å². The van der Waals surface area contributed by atoms with Crippen LogP contribution in [0.25, 0.3) is 0 Å². The molecule has 0 saturated carbocycles. The Labute approximate surface area is 176 Å². The Morgan fingerprint density at radius 1 is 0.767 bits per heavy atom. The lowest BCUT2D eigenvalue weighted by Gasteiger charge is -2.10. The lowest BCUT2D eigenvalue weighted by molar-refractivity contribution is 0.415. The van der Waals surface area contributed by atoms with Crippen LogP contribution in [0.5, 0.6) is 11.5 Å². The Morgan fingerprint density at radius 2 is 1.30 bits per heavy atom. The summed E-state index contributed by atoms with van der Waals surface area (Å²) in [5, 5.41) is 14.0. The van der Waals surface area contributed by atoms with Gasteiger partial charge in [-0.2, -0.15) is 20.1 Å². The van der Waals surface area contributed by atoms with Gasteiger partial charge in [0.05, 0.1) is 14.2 Å². The van der Waals surface area contributed by atoms with Crippen LogP contribution in [0.2, 0.25) is 0 Å². The van der Waals surface area contributed by atoms with Crippen LogP contribution in [0.4, 0.5) is 23.3 Å². The van der Waals surface area contributed by atoms with Crippen LogP contribution in [0.3, 0.4) is 0 Å². The van der Waals surface area contributed by atoms with Gasteiger partial charge in [0, 0.05) is 11.4 Å². The maximum Gasteiger partial charge on any atom is 0.233 e. The van der Waals surface area contributed by atoms with Crippen molar-refractivity contribution in [1.29, 1.82) is 0 Å². The number of hydrogen-bond donors (Lipinski definition) is 3. The molecule has 0 fully saturated rings. The number of nitrogens with one attached hydrogen (secondary N) is 3. The van der Waals surface area contributed by atoms with Crippen LogP contribution in [-0.2, 0) is 0 Å². The monoisotopic (exact) mass is 422 g/mol. The molecular formula is C19H18N8O2S. The summed E-state index contributed by atoms with van der Waals surface area (Å²) in [7, 11) is 3.25. The van der Waals surface area contributed by atoms with Gasteiger partial charge in [-0.05, 0) is 60.3 Å². The van der Waals surface area contributed by atoms with Crippen LogP contribution >= 0.6 is 11.8 Å². The largest absolute Gasteiger partial charge is 0.497 e. The molecule has 0 spiro atoms. The van der Waals surface area contributed by atoms with Crippen molar-refractivity contribution in [3.8, 4) is 11.5 Å². The molecule has 0 saturated heterocycles. The minimum Gasteiger partial charge on any atom is -0.497 e. The van der Waals surface area contributed by atoms with Crippen LogP contribution < -0.4 is 20.1 Å². The van der Waals surface area contributed by atoms with Gasteiger partial charge >= 0.3 is 0 Å². The van der Waals surface area contributed by atoms with Crippen LogP contribution in [0.1, 0.15) is 0 Å². The average Bonchev–Trinajstić information content (AvgIpc) is 3.28. The van der Waals surface area contributed by atoms with E-state index >= 15 is 0 Å². The van der Waals surface area contributed by atoms with E-state index in [9.17, 15) is 0 Å². The average molecular weight is 422 g/mol. The van der Waals surface area contributed by atoms with E-state index in [-0.39, 0.29) is 0 Å². The Hall–Kier alpha value is -3.86. The van der Waals surface area contributed by atoms with E-state index in [1.54, 1.807) is 14.2 Å². The molecule has 152 valence electrons. The van der Waals surface area contributed by atoms with Crippen LogP contribution in [0.15, 0.2) is 65.2 Å². The Bertz CT molecular complexity index is 1020. The summed E-state index contributed by atoms with van der Waals surface area (Å²) in [6.07, 6.45) is 1.43. The molecule has 11 heteroatoms. The number of ether oxygens (including phenoxy) is 2. The number of methoxy groups -OCH3 is 2. The first-order valence-electron chi connectivity index (χ1n) is 8.83. The van der Waals surface area contributed by atoms with Crippen molar-refractivity contribution >= 4 is 35.0 Å². The van der Waals surface area contributed by atoms with Gasteiger partial charge < -0.3 is 20.1 Å². The minimum atomic E-state index is 0.383. The van der Waals surface area contributed by atoms with E-state index in [0.717, 1.165) is 22.9 Å². The highest BCUT2D eigenvalue weighted by atomic mass is 32.2. The lowest BCUT2D eigenvalue weighted by atomic mass is 10.3. The van der Waals surface area contributed by atoms with Crippen molar-refractivity contribution in [2.24, 2.45) is 0 Å². The maximum absolute atomic E-state index is 5.19. The number of H-pyrrole nitrogens is 1. The second-order valence-corrected chi connectivity index (χ2v) is 6.82. The van der Waals surface area contributed by atoms with Gasteiger partial charge in [-0.15, -0.1) is 0 Å². The predicted molar refractivity (Wildman–Crippen MR) is 113 cm³/mol. The van der Waals surface area contributed by atoms with Crippen molar-refractivity contribution < 1.29 is 9.47 Å². The molecule has 0 aliphatic rings. The Morgan fingerprint density at radius 3 is 1.73 bits per heavy atom. The van der Waals surface area contributed by atoms with E-state index in [1.165, 1.54) is 18.1 Å². The highest BCUT2D eigenvalue weighted by Gasteiger charge is 2.11. The van der Waals surface area contributed by atoms with E-state index in [2.05, 4.69) is 40.8 Å². The van der Waals surface area contributed by atoms with Crippen LogP contribution in [0, 0.1) is 0 Å². The Balaban J connectivity index is 1.60. The number of anilines is 4. The smallest absolute Gasteiger partial charge is 0.233 e. The number of rotatable bonds is 8. The van der Waals surface area contributed by atoms with Crippen molar-refractivity contribution in [3.05, 3.63) is 54.9 Å². The molecule has 2 aromatic heterocycles. The number of hydrogen-bond acceptors (Lipinski definition) is 10. The first-order chi connectivity index (χ1) is 14.7. The van der Waals surface area contributed by atoms with Gasteiger partial charge in [0.25, 0.3) is 0 Å². The molecule has 4 aromatic rings. The zero-order valence-corrected chi connectivity index (χ0v) is 17.0. The van der Waals surface area contributed by atoms with Crippen molar-refractivity contribution in [2.75, 3.05) is 24.9 Å². The standard InChI is InChI=1S/C19H18N8O2S/c1-28-14-7-3-12(4-8-14)22-16-24-17(23-13-5-9-15(29-2)10-6-13)26-19(25-16)30-18-20-11-21-27-18/h3-11H,1-2H3,(H,20,21,27)(H2,22,23,24,25,26). The number of benzene rings is 2. The normalized spacial score (nSPS) is 10.5. The summed E-state index contributed by atoms with van der Waals surface area (Å²) in [4.78, 5) is 17.5. The first kappa shape index (κ1) is 19.5. The summed E-state index contributed by atoms with van der Waals surface area (Å²) >= 11 is 1.24. The SMILES string of the molecule is COc1ccc(Nc2nc(Nc3ccc(OC)cc3)nc(Sc3ncn[nH]3)n2)cc1. The molecule has 0 unspecified atom stereocenters. The molecule has 2 aromatic carbocycles. The van der Waals surface area contributed by atoms with Gasteiger partial charge in [0.1, 0.15) is 17.8 Å². The minimum absolute atomic E-state index is 0.383. The third-order valence-electron chi connectivity index (χ3n) is 3.89. The molecule has 0 radical (unpaired) electrons. The molecule has 0 aliphatic carbocycles. The molecule has 4 rings (SSSR count). The van der Waals surface area contributed by atoms with E-state index in [4.69, 9.17) is 9.47 Å². The summed E-state index contributed by atoms with van der Waals surface area (Å²) in [6, 6.07) is 14.9. The fourth-order valence-electron chi connectivity index (χ4n) is 2.45. The number of aromatic amines is 1. The fourth-order valence-corrected chi connectivity index (χ4v) is 3.09. The summed E-state index contributed by atoms with van der Waals surface area (Å²) in [6.45, 7) is 0. The second kappa shape index (κ2) is 9.09. The molecule has 0 atom stereocenters. The first-order valence-corrected chi connectivity index (χ1v) is 9.65. The van der Waals surface area contributed by atoms with E-state index in [0.29, 0.717) is 22.2 Å². The number of aromatic nitrogens is 6. The van der Waals surface area contributed by atoms with E-state index in [1.807, 2.05) is 48.5 Å². The highest BCUT2D eigenvalue weighted by Crippen LogP contribution is 2.25. The zero-order valence-electron chi connectivity index (χ0n) is 16.2. The molecule has 30 heavy (non-hydrogen) atoms. The molecule has 0 aliphatic heterocycles. The second-order valence-electron chi connectivity index (χ2n) is 5.86. The quantitative estimate of drug-likeness (QED) is 0.388. The van der Waals surface area contributed by atoms with Gasteiger partial charge in [0.15, 0.2) is 5.16 Å².